The maximum absolute atomic E-state index is 11.9. The molecule has 1 saturated heterocycles. The fourth-order valence-electron chi connectivity index (χ4n) is 2.11. The van der Waals surface area contributed by atoms with Crippen LogP contribution in [0.4, 0.5) is 0 Å². The quantitative estimate of drug-likeness (QED) is 0.424. The van der Waals surface area contributed by atoms with Gasteiger partial charge < -0.3 is 9.47 Å². The molecule has 0 amide bonds. The van der Waals surface area contributed by atoms with Crippen molar-refractivity contribution in [1.82, 2.24) is 0 Å². The van der Waals surface area contributed by atoms with Crippen LogP contribution < -0.4 is 4.74 Å². The van der Waals surface area contributed by atoms with Crippen LogP contribution in [0.15, 0.2) is 30.3 Å². The first kappa shape index (κ1) is 9.39. The van der Waals surface area contributed by atoms with E-state index in [-0.39, 0.29) is 5.92 Å². The topological polar surface area (TPSA) is 52.6 Å². The van der Waals surface area contributed by atoms with Crippen molar-refractivity contribution in [3.63, 3.8) is 0 Å². The van der Waals surface area contributed by atoms with Gasteiger partial charge in [-0.3, -0.25) is 9.59 Å². The lowest BCUT2D eigenvalue weighted by Gasteiger charge is -2.08. The number of para-hydroxylation sites is 1. The molecular weight excluding hydrogens is 208 g/mol. The Morgan fingerprint density at radius 3 is 2.69 bits per heavy atom. The molecule has 1 heterocycles. The molecule has 0 N–H and O–H groups in total. The summed E-state index contributed by atoms with van der Waals surface area (Å²) in [5.74, 6) is -0.423. The predicted octanol–water partition coefficient (Wildman–Crippen LogP) is 1.16. The van der Waals surface area contributed by atoms with E-state index in [1.165, 1.54) is 0 Å². The van der Waals surface area contributed by atoms with Crippen LogP contribution in [0.2, 0.25) is 0 Å². The molecule has 0 spiro atoms. The molecule has 2 aliphatic rings. The lowest BCUT2D eigenvalue weighted by Crippen LogP contribution is -2.29. The number of rotatable bonds is 2. The van der Waals surface area contributed by atoms with Crippen LogP contribution in [0.5, 0.6) is 5.75 Å². The molecule has 1 aromatic rings. The summed E-state index contributed by atoms with van der Waals surface area (Å²) in [6.07, 6.45) is 0.567. The summed E-state index contributed by atoms with van der Waals surface area (Å²) in [7, 11) is 0. The summed E-state index contributed by atoms with van der Waals surface area (Å²) in [6.45, 7) is 0.350. The van der Waals surface area contributed by atoms with Gasteiger partial charge >= 0.3 is 11.9 Å². The van der Waals surface area contributed by atoms with E-state index in [4.69, 9.17) is 9.47 Å². The molecular formula is C12H10O4. The summed E-state index contributed by atoms with van der Waals surface area (Å²) < 4.78 is 10.0. The Bertz CT molecular complexity index is 453. The van der Waals surface area contributed by atoms with Crippen molar-refractivity contribution >= 4 is 11.9 Å². The Kier molecular flexibility index (Phi) is 1.80. The molecule has 2 fully saturated rings. The van der Waals surface area contributed by atoms with Crippen LogP contribution in [0.3, 0.4) is 0 Å². The number of cyclic esters (lactones) is 1. The lowest BCUT2D eigenvalue weighted by atomic mass is 10.1. The zero-order chi connectivity index (χ0) is 11.2. The summed E-state index contributed by atoms with van der Waals surface area (Å²) in [6, 6.07) is 8.76. The van der Waals surface area contributed by atoms with Gasteiger partial charge in [-0.1, -0.05) is 18.2 Å². The van der Waals surface area contributed by atoms with E-state index in [0.29, 0.717) is 18.8 Å². The number of carbonyl (C=O) groups is 2. The van der Waals surface area contributed by atoms with Gasteiger partial charge in [-0.05, 0) is 18.6 Å². The van der Waals surface area contributed by atoms with Gasteiger partial charge in [-0.25, -0.2) is 0 Å². The maximum Gasteiger partial charge on any atom is 0.329 e. The number of ether oxygens (including phenoxy) is 2. The van der Waals surface area contributed by atoms with Gasteiger partial charge in [0, 0.05) is 5.92 Å². The van der Waals surface area contributed by atoms with Crippen molar-refractivity contribution in [2.24, 2.45) is 11.3 Å². The highest BCUT2D eigenvalue weighted by atomic mass is 16.6. The fourth-order valence-corrected chi connectivity index (χ4v) is 2.11. The van der Waals surface area contributed by atoms with Crippen molar-refractivity contribution in [3.8, 4) is 5.75 Å². The second kappa shape index (κ2) is 3.07. The van der Waals surface area contributed by atoms with Crippen LogP contribution in [-0.4, -0.2) is 18.5 Å². The van der Waals surface area contributed by atoms with E-state index in [1.807, 2.05) is 6.07 Å². The van der Waals surface area contributed by atoms with Crippen LogP contribution in [0.1, 0.15) is 6.42 Å². The Morgan fingerprint density at radius 2 is 2.12 bits per heavy atom. The smallest absolute Gasteiger partial charge is 0.329 e. The molecule has 1 aliphatic heterocycles. The first-order chi connectivity index (χ1) is 7.73. The number of fused-ring (bicyclic) bond motifs is 1. The minimum Gasteiger partial charge on any atom is -0.464 e. The van der Waals surface area contributed by atoms with Crippen molar-refractivity contribution in [2.45, 2.75) is 6.42 Å². The van der Waals surface area contributed by atoms with E-state index in [0.717, 1.165) is 0 Å². The summed E-state index contributed by atoms with van der Waals surface area (Å²) in [5, 5.41) is 0. The molecule has 1 aliphatic carbocycles. The first-order valence-corrected chi connectivity index (χ1v) is 5.18. The molecule has 0 aromatic heterocycles. The van der Waals surface area contributed by atoms with E-state index < -0.39 is 17.4 Å². The Labute approximate surface area is 92.2 Å². The Hall–Kier alpha value is -1.84. The van der Waals surface area contributed by atoms with Crippen molar-refractivity contribution in [1.29, 1.82) is 0 Å². The predicted molar refractivity (Wildman–Crippen MR) is 53.6 cm³/mol. The molecule has 0 bridgehead atoms. The average molecular weight is 218 g/mol. The van der Waals surface area contributed by atoms with Crippen molar-refractivity contribution in [3.05, 3.63) is 30.3 Å². The van der Waals surface area contributed by atoms with Crippen LogP contribution in [-0.2, 0) is 14.3 Å². The number of hydrogen-bond acceptors (Lipinski definition) is 4. The lowest BCUT2D eigenvalue weighted by molar-refractivity contribution is -0.154. The highest BCUT2D eigenvalue weighted by Crippen LogP contribution is 2.58. The van der Waals surface area contributed by atoms with Crippen LogP contribution in [0, 0.1) is 11.3 Å². The monoisotopic (exact) mass is 218 g/mol. The minimum atomic E-state index is -0.990. The molecule has 4 nitrogen and oxygen atoms in total. The van der Waals surface area contributed by atoms with Crippen LogP contribution in [0.25, 0.3) is 0 Å². The van der Waals surface area contributed by atoms with Crippen LogP contribution >= 0.6 is 0 Å². The van der Waals surface area contributed by atoms with E-state index in [2.05, 4.69) is 0 Å². The third-order valence-corrected chi connectivity index (χ3v) is 3.20. The summed E-state index contributed by atoms with van der Waals surface area (Å²) in [5.41, 5.74) is -0.990. The van der Waals surface area contributed by atoms with E-state index in [1.54, 1.807) is 24.3 Å². The fraction of sp³-hybridized carbons (Fsp3) is 0.333. The zero-order valence-corrected chi connectivity index (χ0v) is 8.51. The van der Waals surface area contributed by atoms with Gasteiger partial charge in [-0.2, -0.15) is 0 Å². The van der Waals surface area contributed by atoms with E-state index >= 15 is 0 Å². The second-order valence-electron chi connectivity index (χ2n) is 4.17. The van der Waals surface area contributed by atoms with Gasteiger partial charge in [0.25, 0.3) is 0 Å². The van der Waals surface area contributed by atoms with Gasteiger partial charge in [-0.15, -0.1) is 0 Å². The standard InChI is InChI=1S/C12H10O4/c13-10-12(6-8(12)7-15-10)11(14)16-9-4-2-1-3-5-9/h1-5,8H,6-7H2/t8-,12+/m0/s1. The molecule has 1 saturated carbocycles. The second-order valence-corrected chi connectivity index (χ2v) is 4.17. The Balaban J connectivity index is 1.78. The molecule has 2 atom stereocenters. The molecule has 16 heavy (non-hydrogen) atoms. The summed E-state index contributed by atoms with van der Waals surface area (Å²) >= 11 is 0. The number of esters is 2. The number of benzene rings is 1. The molecule has 0 unspecified atom stereocenters. The van der Waals surface area contributed by atoms with Gasteiger partial charge in [0.15, 0.2) is 5.41 Å². The first-order valence-electron chi connectivity index (χ1n) is 5.18. The molecule has 0 radical (unpaired) electrons. The summed E-state index contributed by atoms with van der Waals surface area (Å²) in [4.78, 5) is 23.3. The molecule has 4 heteroatoms. The van der Waals surface area contributed by atoms with Crippen molar-refractivity contribution < 1.29 is 19.1 Å². The van der Waals surface area contributed by atoms with Gasteiger partial charge in [0.05, 0.1) is 6.61 Å². The third kappa shape index (κ3) is 1.16. The third-order valence-electron chi connectivity index (χ3n) is 3.20. The minimum absolute atomic E-state index is 0.0243. The highest BCUT2D eigenvalue weighted by Gasteiger charge is 2.72. The molecule has 82 valence electrons. The van der Waals surface area contributed by atoms with Gasteiger partial charge in [0.1, 0.15) is 5.75 Å². The van der Waals surface area contributed by atoms with E-state index in [9.17, 15) is 9.59 Å². The maximum atomic E-state index is 11.9. The highest BCUT2D eigenvalue weighted by molar-refractivity contribution is 6.06. The molecule has 1 aromatic carbocycles. The average Bonchev–Trinajstić information content (AvgIpc) is 2.96. The normalized spacial score (nSPS) is 30.5. The zero-order valence-electron chi connectivity index (χ0n) is 8.51. The molecule has 3 rings (SSSR count). The number of hydrogen-bond donors (Lipinski definition) is 0. The van der Waals surface area contributed by atoms with Gasteiger partial charge in [0.2, 0.25) is 0 Å². The SMILES string of the molecule is O=C1OC[C@@H]2C[C@]12C(=O)Oc1ccccc1. The Morgan fingerprint density at radius 1 is 1.38 bits per heavy atom. The largest absolute Gasteiger partial charge is 0.464 e. The number of carbonyl (C=O) groups excluding carboxylic acids is 2. The van der Waals surface area contributed by atoms with Crippen molar-refractivity contribution in [2.75, 3.05) is 6.61 Å².